The highest BCUT2D eigenvalue weighted by atomic mass is 16.2. The first kappa shape index (κ1) is 31.0. The van der Waals surface area contributed by atoms with Crippen molar-refractivity contribution in [3.8, 4) is 11.3 Å². The Morgan fingerprint density at radius 1 is 0.720 bits per heavy atom. The first-order chi connectivity index (χ1) is 24.6. The van der Waals surface area contributed by atoms with Crippen LogP contribution in [0, 0.1) is 0 Å². The second-order valence-electron chi connectivity index (χ2n) is 12.7. The van der Waals surface area contributed by atoms with Gasteiger partial charge in [-0.3, -0.25) is 19.6 Å². The zero-order valence-corrected chi connectivity index (χ0v) is 27.7. The van der Waals surface area contributed by atoms with Gasteiger partial charge in [-0.15, -0.1) is 0 Å². The number of carbonyl (C=O) groups excluding carboxylic acids is 1. The Labute approximate surface area is 290 Å². The maximum absolute atomic E-state index is 13.3. The molecule has 0 saturated carbocycles. The summed E-state index contributed by atoms with van der Waals surface area (Å²) < 4.78 is 2.22. The predicted octanol–water partition coefficient (Wildman–Crippen LogP) is 8.54. The largest absolute Gasteiger partial charge is 0.349 e. The van der Waals surface area contributed by atoms with E-state index in [9.17, 15) is 4.79 Å². The number of nitrogens with one attached hydrogen (secondary N) is 2. The molecule has 8 aromatic rings. The highest BCUT2D eigenvalue weighted by Crippen LogP contribution is 2.42. The number of hydrogen-bond donors (Lipinski definition) is 2. The smallest absolute Gasteiger partial charge is 0.289 e. The number of carbonyl (C=O) groups is 1. The van der Waals surface area contributed by atoms with Crippen LogP contribution in [0.25, 0.3) is 33.2 Å². The van der Waals surface area contributed by atoms with Crippen LogP contribution >= 0.6 is 0 Å². The molecule has 50 heavy (non-hydrogen) atoms. The number of H-pyrrole nitrogens is 1. The first-order valence-electron chi connectivity index (χ1n) is 16.9. The van der Waals surface area contributed by atoms with Crippen LogP contribution in [-0.4, -0.2) is 37.2 Å². The molecule has 7 nitrogen and oxygen atoms in total. The van der Waals surface area contributed by atoms with Crippen LogP contribution in [0.3, 0.4) is 0 Å². The SMILES string of the molecule is C[C@@H](CNC(=O)c1nc2cc3c(-c4ccncc4)[nH]n(CC(c4ccccc4)(c4ccccc4)c4ccccc4)c3cc2n1)c1ccccc1. The molecular weight excluding hydrogens is 617 g/mol. The molecule has 3 aromatic heterocycles. The van der Waals surface area contributed by atoms with Crippen LogP contribution in [0.5, 0.6) is 0 Å². The number of aromatic amines is 1. The second-order valence-corrected chi connectivity index (χ2v) is 12.7. The number of imidazole rings is 1. The van der Waals surface area contributed by atoms with E-state index < -0.39 is 5.41 Å². The number of amides is 1. The van der Waals surface area contributed by atoms with Gasteiger partial charge in [0.05, 0.1) is 34.2 Å². The Balaban J connectivity index is 1.26. The van der Waals surface area contributed by atoms with Gasteiger partial charge in [0.15, 0.2) is 0 Å². The number of fused-ring (bicyclic) bond motifs is 2. The van der Waals surface area contributed by atoms with Crippen LogP contribution in [-0.2, 0) is 12.0 Å². The minimum Gasteiger partial charge on any atom is -0.349 e. The molecule has 1 amide bonds. The number of rotatable bonds is 10. The van der Waals surface area contributed by atoms with Crippen LogP contribution < -0.4 is 5.32 Å². The summed E-state index contributed by atoms with van der Waals surface area (Å²) in [6, 6.07) is 50.3. The Morgan fingerprint density at radius 2 is 1.24 bits per heavy atom. The lowest BCUT2D eigenvalue weighted by Gasteiger charge is -2.36. The van der Waals surface area contributed by atoms with Crippen LogP contribution in [0.4, 0.5) is 0 Å². The summed E-state index contributed by atoms with van der Waals surface area (Å²) in [5.41, 5.74) is 8.39. The fraction of sp³-hybridized carbons (Fsp3) is 0.116. The summed E-state index contributed by atoms with van der Waals surface area (Å²) >= 11 is 0. The fourth-order valence-corrected chi connectivity index (χ4v) is 7.05. The van der Waals surface area contributed by atoms with E-state index in [1.807, 2.05) is 42.5 Å². The van der Waals surface area contributed by atoms with Gasteiger partial charge in [0, 0.05) is 29.9 Å². The minimum atomic E-state index is -0.547. The first-order valence-corrected chi connectivity index (χ1v) is 16.9. The standard InChI is InChI=1S/C43H36N6O/c1-30(31-14-6-2-7-15-31)28-45-42(50)41-46-37-26-36-39(27-38(37)47-41)49(48-40(36)32-22-24-44-25-23-32)29-43(33-16-8-3-9-17-33,34-18-10-4-11-19-34)35-20-12-5-13-21-35/h2-27,30,48H,28-29H2,1H3,(H,45,50)/t30-/m0/s1. The molecule has 0 aliphatic heterocycles. The maximum Gasteiger partial charge on any atom is 0.289 e. The van der Waals surface area contributed by atoms with E-state index in [0.717, 1.165) is 22.2 Å². The van der Waals surface area contributed by atoms with Crippen molar-refractivity contribution in [2.75, 3.05) is 6.54 Å². The predicted molar refractivity (Wildman–Crippen MR) is 199 cm³/mol. The van der Waals surface area contributed by atoms with Crippen molar-refractivity contribution in [3.05, 3.63) is 186 Å². The number of hydrogen-bond acceptors (Lipinski definition) is 4. The third-order valence-corrected chi connectivity index (χ3v) is 9.66. The molecule has 8 rings (SSSR count). The van der Waals surface area contributed by atoms with Gasteiger partial charge in [-0.1, -0.05) is 128 Å². The maximum atomic E-state index is 13.3. The van der Waals surface area contributed by atoms with E-state index in [0.29, 0.717) is 24.1 Å². The Bertz CT molecular complexity index is 2270. The summed E-state index contributed by atoms with van der Waals surface area (Å²) in [6.07, 6.45) is 3.60. The van der Waals surface area contributed by atoms with E-state index in [1.54, 1.807) is 12.4 Å². The molecule has 0 aliphatic rings. The lowest BCUT2D eigenvalue weighted by molar-refractivity contribution is 0.0942. The van der Waals surface area contributed by atoms with Gasteiger partial charge in [0.2, 0.25) is 5.82 Å². The van der Waals surface area contributed by atoms with Crippen molar-refractivity contribution in [1.82, 2.24) is 30.0 Å². The molecule has 0 aliphatic carbocycles. The Hall–Kier alpha value is -6.34. The number of nitrogens with zero attached hydrogens (tertiary/aromatic N) is 4. The summed E-state index contributed by atoms with van der Waals surface area (Å²) in [5.74, 6) is 0.0411. The normalized spacial score (nSPS) is 12.3. The second kappa shape index (κ2) is 13.3. The number of benzene rings is 5. The lowest BCUT2D eigenvalue weighted by Crippen LogP contribution is -2.35. The van der Waals surface area contributed by atoms with Gasteiger partial charge in [0.1, 0.15) is 0 Å². The van der Waals surface area contributed by atoms with E-state index >= 15 is 0 Å². The molecule has 0 spiro atoms. The van der Waals surface area contributed by atoms with Crippen molar-refractivity contribution in [3.63, 3.8) is 0 Å². The molecule has 0 fully saturated rings. The quantitative estimate of drug-likeness (QED) is 0.145. The lowest BCUT2D eigenvalue weighted by atomic mass is 9.69. The van der Waals surface area contributed by atoms with E-state index in [4.69, 9.17) is 9.97 Å². The van der Waals surface area contributed by atoms with Gasteiger partial charge >= 0.3 is 0 Å². The minimum absolute atomic E-state index is 0.157. The molecule has 7 heteroatoms. The number of aromatic nitrogens is 5. The van der Waals surface area contributed by atoms with Gasteiger partial charge in [-0.05, 0) is 52.4 Å². The van der Waals surface area contributed by atoms with Crippen molar-refractivity contribution < 1.29 is 4.79 Å². The van der Waals surface area contributed by atoms with Crippen LogP contribution in [0.1, 0.15) is 45.7 Å². The van der Waals surface area contributed by atoms with Crippen molar-refractivity contribution in [2.24, 2.45) is 0 Å². The molecule has 0 unspecified atom stereocenters. The van der Waals surface area contributed by atoms with E-state index in [1.165, 1.54) is 22.3 Å². The monoisotopic (exact) mass is 652 g/mol. The van der Waals surface area contributed by atoms with Gasteiger partial charge in [-0.25, -0.2) is 9.97 Å². The topological polar surface area (TPSA) is 88.5 Å². The molecular formula is C43H36N6O. The van der Waals surface area contributed by atoms with Crippen LogP contribution in [0.2, 0.25) is 0 Å². The van der Waals surface area contributed by atoms with Crippen molar-refractivity contribution in [1.29, 1.82) is 0 Å². The molecule has 1 atom stereocenters. The van der Waals surface area contributed by atoms with Crippen LogP contribution in [0.15, 0.2) is 158 Å². The molecule has 0 saturated heterocycles. The Morgan fingerprint density at radius 3 is 1.80 bits per heavy atom. The van der Waals surface area contributed by atoms with E-state index in [2.05, 4.69) is 130 Å². The Kier molecular flexibility index (Phi) is 8.22. The molecule has 0 radical (unpaired) electrons. The summed E-state index contributed by atoms with van der Waals surface area (Å²) in [6.45, 7) is 3.15. The average molecular weight is 653 g/mol. The summed E-state index contributed by atoms with van der Waals surface area (Å²) in [4.78, 5) is 27.1. The molecule has 3 heterocycles. The number of pyridine rings is 1. The molecule has 2 N–H and O–H groups in total. The van der Waals surface area contributed by atoms with Gasteiger partial charge in [0.25, 0.3) is 5.91 Å². The van der Waals surface area contributed by atoms with E-state index in [-0.39, 0.29) is 17.6 Å². The van der Waals surface area contributed by atoms with Gasteiger partial charge < -0.3 is 5.32 Å². The fourth-order valence-electron chi connectivity index (χ4n) is 7.05. The van der Waals surface area contributed by atoms with Crippen molar-refractivity contribution in [2.45, 2.75) is 24.8 Å². The summed E-state index contributed by atoms with van der Waals surface area (Å²) in [5, 5.41) is 7.80. The molecule has 0 bridgehead atoms. The van der Waals surface area contributed by atoms with Gasteiger partial charge in [-0.2, -0.15) is 0 Å². The highest BCUT2D eigenvalue weighted by Gasteiger charge is 2.37. The zero-order chi connectivity index (χ0) is 33.9. The average Bonchev–Trinajstić information content (AvgIpc) is 3.77. The third-order valence-electron chi connectivity index (χ3n) is 9.66. The molecule has 244 valence electrons. The summed E-state index contributed by atoms with van der Waals surface area (Å²) in [7, 11) is 0. The highest BCUT2D eigenvalue weighted by molar-refractivity contribution is 6.03. The van der Waals surface area contributed by atoms with Crippen molar-refractivity contribution >= 4 is 27.8 Å². The zero-order valence-electron chi connectivity index (χ0n) is 27.7. The third kappa shape index (κ3) is 5.73. The molecule has 5 aromatic carbocycles.